The second-order valence-corrected chi connectivity index (χ2v) is 5.50. The third-order valence-corrected chi connectivity index (χ3v) is 3.38. The average Bonchev–Trinajstić information content (AvgIpc) is 2.41. The Morgan fingerprint density at radius 1 is 1.25 bits per heavy atom. The molecule has 0 bridgehead atoms. The van der Waals surface area contributed by atoms with E-state index in [1.807, 2.05) is 0 Å². The maximum atomic E-state index is 12.1. The largest absolute Gasteiger partial charge is 0.321 e. The van der Waals surface area contributed by atoms with Crippen LogP contribution in [-0.4, -0.2) is 10.9 Å². The molecule has 8 heteroatoms. The number of halogens is 3. The fourth-order valence-electron chi connectivity index (χ4n) is 1.49. The predicted molar refractivity (Wildman–Crippen MR) is 84.2 cm³/mol. The second-order valence-electron chi connectivity index (χ2n) is 3.79. The van der Waals surface area contributed by atoms with E-state index in [0.717, 1.165) is 4.47 Å². The summed E-state index contributed by atoms with van der Waals surface area (Å²) in [6, 6.07) is 8.06. The zero-order chi connectivity index (χ0) is 14.7. The van der Waals surface area contributed by atoms with Gasteiger partial charge in [-0.2, -0.15) is 0 Å². The fraction of sp³-hybridized carbons (Fsp3) is 0. The number of anilines is 2. The standard InChI is InChI=1S/C12H9BrCl2N4O/c13-7-1-2-9(8(14)5-7)17-12(20)6-3-10(15)18-11(4-6)19-16/h1-5H,16H2,(H,17,20)(H,18,19). The van der Waals surface area contributed by atoms with Crippen LogP contribution in [0.25, 0.3) is 0 Å². The minimum atomic E-state index is -0.366. The number of benzene rings is 1. The lowest BCUT2D eigenvalue weighted by molar-refractivity contribution is 0.102. The van der Waals surface area contributed by atoms with Gasteiger partial charge < -0.3 is 10.7 Å². The summed E-state index contributed by atoms with van der Waals surface area (Å²) in [6.07, 6.45) is 0. The van der Waals surface area contributed by atoms with Gasteiger partial charge >= 0.3 is 0 Å². The van der Waals surface area contributed by atoms with Gasteiger partial charge in [-0.25, -0.2) is 10.8 Å². The Balaban J connectivity index is 2.26. The Bertz CT molecular complexity index is 666. The van der Waals surface area contributed by atoms with Crippen molar-refractivity contribution in [1.29, 1.82) is 0 Å². The van der Waals surface area contributed by atoms with Crippen LogP contribution in [0.15, 0.2) is 34.8 Å². The van der Waals surface area contributed by atoms with Gasteiger partial charge in [0, 0.05) is 10.0 Å². The van der Waals surface area contributed by atoms with Gasteiger partial charge in [-0.15, -0.1) is 0 Å². The van der Waals surface area contributed by atoms with E-state index < -0.39 is 0 Å². The van der Waals surface area contributed by atoms with Crippen LogP contribution < -0.4 is 16.6 Å². The molecule has 0 fully saturated rings. The molecular formula is C12H9BrCl2N4O. The first-order chi connectivity index (χ1) is 9.49. The van der Waals surface area contributed by atoms with Crippen molar-refractivity contribution in [2.75, 3.05) is 10.7 Å². The van der Waals surface area contributed by atoms with Gasteiger partial charge in [-0.05, 0) is 30.3 Å². The maximum Gasteiger partial charge on any atom is 0.255 e. The minimum absolute atomic E-state index is 0.160. The lowest BCUT2D eigenvalue weighted by Gasteiger charge is -2.09. The number of carbonyl (C=O) groups excluding carboxylic acids is 1. The van der Waals surface area contributed by atoms with Gasteiger partial charge in [0.05, 0.1) is 10.7 Å². The molecule has 0 unspecified atom stereocenters. The molecule has 1 aromatic carbocycles. The third kappa shape index (κ3) is 3.61. The summed E-state index contributed by atoms with van der Waals surface area (Å²) >= 11 is 15.1. The summed E-state index contributed by atoms with van der Waals surface area (Å²) in [5.41, 5.74) is 3.15. The van der Waals surface area contributed by atoms with Crippen LogP contribution >= 0.6 is 39.1 Å². The first kappa shape index (κ1) is 15.1. The molecule has 2 aromatic rings. The Kier molecular flexibility index (Phi) is 4.82. The van der Waals surface area contributed by atoms with E-state index in [4.69, 9.17) is 29.0 Å². The van der Waals surface area contributed by atoms with Gasteiger partial charge in [0.15, 0.2) is 0 Å². The van der Waals surface area contributed by atoms with Gasteiger partial charge in [0.2, 0.25) is 0 Å². The molecule has 104 valence electrons. The molecule has 1 heterocycles. The van der Waals surface area contributed by atoms with Crippen molar-refractivity contribution in [3.8, 4) is 0 Å². The molecule has 0 saturated heterocycles. The second kappa shape index (κ2) is 6.41. The number of nitrogens with zero attached hydrogens (tertiary/aromatic N) is 1. The number of nitrogens with one attached hydrogen (secondary N) is 2. The van der Waals surface area contributed by atoms with Crippen molar-refractivity contribution in [2.45, 2.75) is 0 Å². The zero-order valence-corrected chi connectivity index (χ0v) is 13.1. The zero-order valence-electron chi connectivity index (χ0n) is 9.95. The molecule has 20 heavy (non-hydrogen) atoms. The molecule has 5 nitrogen and oxygen atoms in total. The lowest BCUT2D eigenvalue weighted by Crippen LogP contribution is -2.14. The predicted octanol–water partition coefficient (Wildman–Crippen LogP) is 3.69. The Morgan fingerprint density at radius 2 is 2.00 bits per heavy atom. The molecule has 0 aliphatic heterocycles. The summed E-state index contributed by atoms with van der Waals surface area (Å²) in [7, 11) is 0. The van der Waals surface area contributed by atoms with Crippen LogP contribution in [0.3, 0.4) is 0 Å². The van der Waals surface area contributed by atoms with Crippen LogP contribution in [0.2, 0.25) is 10.2 Å². The molecule has 4 N–H and O–H groups in total. The monoisotopic (exact) mass is 374 g/mol. The fourth-order valence-corrected chi connectivity index (χ4v) is 2.42. The number of pyridine rings is 1. The Hall–Kier alpha value is -1.34. The first-order valence-corrected chi connectivity index (χ1v) is 6.95. The number of carbonyl (C=O) groups is 1. The molecule has 2 rings (SSSR count). The molecule has 0 aliphatic rings. The summed E-state index contributed by atoms with van der Waals surface area (Å²) in [5, 5.41) is 3.27. The average molecular weight is 376 g/mol. The normalized spacial score (nSPS) is 10.2. The molecule has 0 radical (unpaired) electrons. The highest BCUT2D eigenvalue weighted by Gasteiger charge is 2.11. The Labute approximate surface area is 133 Å². The van der Waals surface area contributed by atoms with Crippen molar-refractivity contribution < 1.29 is 4.79 Å². The minimum Gasteiger partial charge on any atom is -0.321 e. The Morgan fingerprint density at radius 3 is 2.65 bits per heavy atom. The van der Waals surface area contributed by atoms with Crippen LogP contribution in [0, 0.1) is 0 Å². The number of rotatable bonds is 3. The number of nitrogen functional groups attached to an aromatic ring is 1. The number of aromatic nitrogens is 1. The van der Waals surface area contributed by atoms with Crippen molar-refractivity contribution in [2.24, 2.45) is 5.84 Å². The molecular weight excluding hydrogens is 367 g/mol. The van der Waals surface area contributed by atoms with Gasteiger partial charge in [-0.1, -0.05) is 39.1 Å². The smallest absolute Gasteiger partial charge is 0.255 e. The molecule has 0 atom stereocenters. The third-order valence-electron chi connectivity index (χ3n) is 2.38. The van der Waals surface area contributed by atoms with E-state index >= 15 is 0 Å². The lowest BCUT2D eigenvalue weighted by atomic mass is 10.2. The maximum absolute atomic E-state index is 12.1. The van der Waals surface area contributed by atoms with E-state index in [-0.39, 0.29) is 11.1 Å². The number of hydrogen-bond acceptors (Lipinski definition) is 4. The van der Waals surface area contributed by atoms with Crippen LogP contribution in [0.1, 0.15) is 10.4 Å². The highest BCUT2D eigenvalue weighted by Crippen LogP contribution is 2.26. The summed E-state index contributed by atoms with van der Waals surface area (Å²) in [4.78, 5) is 16.0. The molecule has 1 aromatic heterocycles. The van der Waals surface area contributed by atoms with Crippen molar-refractivity contribution in [3.63, 3.8) is 0 Å². The quantitative estimate of drug-likeness (QED) is 0.434. The topological polar surface area (TPSA) is 80.0 Å². The summed E-state index contributed by atoms with van der Waals surface area (Å²) in [5.74, 6) is 5.18. The number of hydrazine groups is 1. The van der Waals surface area contributed by atoms with Crippen molar-refractivity contribution >= 4 is 56.5 Å². The summed E-state index contributed by atoms with van der Waals surface area (Å²) < 4.78 is 0.821. The highest BCUT2D eigenvalue weighted by atomic mass is 79.9. The van der Waals surface area contributed by atoms with Crippen molar-refractivity contribution in [3.05, 3.63) is 50.5 Å². The van der Waals surface area contributed by atoms with E-state index in [9.17, 15) is 4.79 Å². The number of nitrogens with two attached hydrogens (primary N) is 1. The van der Waals surface area contributed by atoms with Crippen molar-refractivity contribution in [1.82, 2.24) is 4.98 Å². The molecule has 0 aliphatic carbocycles. The summed E-state index contributed by atoms with van der Waals surface area (Å²) in [6.45, 7) is 0. The van der Waals surface area contributed by atoms with E-state index in [1.165, 1.54) is 12.1 Å². The van der Waals surface area contributed by atoms with E-state index in [0.29, 0.717) is 22.1 Å². The van der Waals surface area contributed by atoms with Crippen LogP contribution in [-0.2, 0) is 0 Å². The van der Waals surface area contributed by atoms with E-state index in [1.54, 1.807) is 18.2 Å². The van der Waals surface area contributed by atoms with Gasteiger partial charge in [0.1, 0.15) is 11.0 Å². The number of amides is 1. The molecule has 0 saturated carbocycles. The first-order valence-electron chi connectivity index (χ1n) is 5.40. The SMILES string of the molecule is NNc1cc(C(=O)Nc2ccc(Br)cc2Cl)cc(Cl)n1. The van der Waals surface area contributed by atoms with Crippen LogP contribution in [0.5, 0.6) is 0 Å². The van der Waals surface area contributed by atoms with Gasteiger partial charge in [-0.3, -0.25) is 4.79 Å². The number of hydrogen-bond donors (Lipinski definition) is 3. The molecule has 1 amide bonds. The van der Waals surface area contributed by atoms with E-state index in [2.05, 4.69) is 31.7 Å². The molecule has 0 spiro atoms. The van der Waals surface area contributed by atoms with Crippen LogP contribution in [0.4, 0.5) is 11.5 Å². The highest BCUT2D eigenvalue weighted by molar-refractivity contribution is 9.10. The van der Waals surface area contributed by atoms with Gasteiger partial charge in [0.25, 0.3) is 5.91 Å².